The highest BCUT2D eigenvalue weighted by Gasteiger charge is 2.31. The number of hydrogen-bond donors (Lipinski definition) is 1. The molecule has 2 heterocycles. The van der Waals surface area contributed by atoms with E-state index in [1.54, 1.807) is 4.90 Å². The smallest absolute Gasteiger partial charge is 0.288 e. The lowest BCUT2D eigenvalue weighted by Gasteiger charge is -2.32. The van der Waals surface area contributed by atoms with Gasteiger partial charge >= 0.3 is 0 Å². The summed E-state index contributed by atoms with van der Waals surface area (Å²) in [7, 11) is 0. The minimum atomic E-state index is -0.595. The first-order chi connectivity index (χ1) is 19.2. The summed E-state index contributed by atoms with van der Waals surface area (Å²) in [4.78, 5) is 15.4. The van der Waals surface area contributed by atoms with E-state index in [0.717, 1.165) is 16.7 Å². The molecule has 0 radical (unpaired) electrons. The van der Waals surface area contributed by atoms with Crippen LogP contribution in [0, 0.1) is 0 Å². The third kappa shape index (κ3) is 9.72. The van der Waals surface area contributed by atoms with E-state index in [1.807, 2.05) is 48.5 Å². The van der Waals surface area contributed by atoms with Gasteiger partial charge in [0.1, 0.15) is 0 Å². The summed E-state index contributed by atoms with van der Waals surface area (Å²) in [6.45, 7) is 4.76. The fourth-order valence-corrected chi connectivity index (χ4v) is 4.36. The van der Waals surface area contributed by atoms with Crippen molar-refractivity contribution in [3.05, 3.63) is 83.1 Å². The van der Waals surface area contributed by atoms with E-state index in [9.17, 15) is 9.90 Å². The van der Waals surface area contributed by atoms with Crippen molar-refractivity contribution in [1.29, 1.82) is 0 Å². The zero-order valence-electron chi connectivity index (χ0n) is 22.4. The molecule has 0 bridgehead atoms. The molecule has 1 saturated heterocycles. The molecule has 9 nitrogen and oxygen atoms in total. The van der Waals surface area contributed by atoms with Crippen molar-refractivity contribution in [2.75, 3.05) is 65.9 Å². The predicted molar refractivity (Wildman–Crippen MR) is 144 cm³/mol. The number of aliphatic hydroxyl groups is 1. The molecule has 2 aromatic rings. The Morgan fingerprint density at radius 1 is 0.795 bits per heavy atom. The third-order valence-electron chi connectivity index (χ3n) is 6.55. The molecule has 2 aromatic carbocycles. The number of allylic oxidation sites excluding steroid dienone is 1. The lowest BCUT2D eigenvalue weighted by atomic mass is 9.93. The van der Waals surface area contributed by atoms with Crippen molar-refractivity contribution < 1.29 is 38.3 Å². The number of benzene rings is 2. The molecule has 2 aliphatic heterocycles. The van der Waals surface area contributed by atoms with Crippen LogP contribution in [0.1, 0.15) is 29.0 Å². The van der Waals surface area contributed by atoms with Crippen LogP contribution in [0.25, 0.3) is 0 Å². The molecule has 0 aromatic heterocycles. The van der Waals surface area contributed by atoms with Crippen molar-refractivity contribution in [2.24, 2.45) is 0 Å². The van der Waals surface area contributed by atoms with E-state index in [4.69, 9.17) is 28.4 Å². The second-order valence-corrected chi connectivity index (χ2v) is 9.36. The van der Waals surface area contributed by atoms with Crippen molar-refractivity contribution in [2.45, 2.75) is 31.8 Å². The van der Waals surface area contributed by atoms with E-state index in [1.165, 1.54) is 0 Å². The molecule has 39 heavy (non-hydrogen) atoms. The topological polar surface area (TPSA) is 95.9 Å². The average molecular weight is 542 g/mol. The molecule has 1 N–H and O–H groups in total. The Morgan fingerprint density at radius 3 is 1.95 bits per heavy atom. The van der Waals surface area contributed by atoms with Crippen LogP contribution in [0.3, 0.4) is 0 Å². The first kappa shape index (κ1) is 29.2. The van der Waals surface area contributed by atoms with Crippen LogP contribution >= 0.6 is 0 Å². The van der Waals surface area contributed by atoms with Gasteiger partial charge in [0, 0.05) is 25.4 Å². The molecule has 0 unspecified atom stereocenters. The largest absolute Gasteiger partial charge is 0.459 e. The molecule has 212 valence electrons. The van der Waals surface area contributed by atoms with Gasteiger partial charge in [0.15, 0.2) is 5.76 Å². The summed E-state index contributed by atoms with van der Waals surface area (Å²) < 4.78 is 34.6. The number of amides is 1. The lowest BCUT2D eigenvalue weighted by Crippen LogP contribution is -2.40. The normalized spacial score (nSPS) is 22.2. The van der Waals surface area contributed by atoms with Crippen molar-refractivity contribution in [1.82, 2.24) is 4.90 Å². The number of aliphatic hydroxyl groups excluding tert-OH is 1. The van der Waals surface area contributed by atoms with Gasteiger partial charge < -0.3 is 38.4 Å². The number of rotatable bonds is 6. The SMILES string of the molecule is O=C(C1=C[C@H](c2ccccc2)C[C@H](OCc2ccc(CO)cc2)O1)N1CCOCCOCCOCCOCC1. The Hall–Kier alpha value is -2.79. The molecule has 1 fully saturated rings. The van der Waals surface area contributed by atoms with Crippen LogP contribution in [0.5, 0.6) is 0 Å². The van der Waals surface area contributed by atoms with Gasteiger partial charge in [-0.25, -0.2) is 0 Å². The maximum atomic E-state index is 13.7. The molecule has 0 spiro atoms. The minimum absolute atomic E-state index is 0.00394. The van der Waals surface area contributed by atoms with Gasteiger partial charge in [-0.1, -0.05) is 54.6 Å². The number of nitrogens with zero attached hydrogens (tertiary/aromatic N) is 1. The molecule has 9 heteroatoms. The molecule has 1 amide bonds. The Labute approximate surface area is 230 Å². The fourth-order valence-electron chi connectivity index (χ4n) is 4.36. The van der Waals surface area contributed by atoms with Crippen LogP contribution in [-0.2, 0) is 46.4 Å². The molecular formula is C30H39NO8. The third-order valence-corrected chi connectivity index (χ3v) is 6.55. The van der Waals surface area contributed by atoms with Crippen LogP contribution < -0.4 is 0 Å². The minimum Gasteiger partial charge on any atom is -0.459 e. The zero-order chi connectivity index (χ0) is 27.1. The van der Waals surface area contributed by atoms with E-state index >= 15 is 0 Å². The van der Waals surface area contributed by atoms with E-state index in [2.05, 4.69) is 12.1 Å². The first-order valence-electron chi connectivity index (χ1n) is 13.6. The molecule has 2 aliphatic rings. The lowest BCUT2D eigenvalue weighted by molar-refractivity contribution is -0.156. The fraction of sp³-hybridized carbons (Fsp3) is 0.500. The quantitative estimate of drug-likeness (QED) is 0.597. The van der Waals surface area contributed by atoms with Gasteiger partial charge in [-0.05, 0) is 22.8 Å². The van der Waals surface area contributed by atoms with Gasteiger partial charge in [-0.3, -0.25) is 4.79 Å². The highest BCUT2D eigenvalue weighted by atomic mass is 16.7. The predicted octanol–water partition coefficient (Wildman–Crippen LogP) is 3.02. The second-order valence-electron chi connectivity index (χ2n) is 9.36. The molecule has 0 saturated carbocycles. The number of ether oxygens (including phenoxy) is 6. The second kappa shape index (κ2) is 16.3. The van der Waals surface area contributed by atoms with Crippen LogP contribution in [-0.4, -0.2) is 88.1 Å². The first-order valence-corrected chi connectivity index (χ1v) is 13.6. The molecular weight excluding hydrogens is 502 g/mol. The van der Waals surface area contributed by atoms with Crippen molar-refractivity contribution >= 4 is 5.91 Å². The highest BCUT2D eigenvalue weighted by Crippen LogP contribution is 2.32. The van der Waals surface area contributed by atoms with Gasteiger partial charge in [-0.2, -0.15) is 0 Å². The number of carbonyl (C=O) groups is 1. The average Bonchev–Trinajstić information content (AvgIpc) is 3.00. The Morgan fingerprint density at radius 2 is 1.36 bits per heavy atom. The zero-order valence-corrected chi connectivity index (χ0v) is 22.4. The summed E-state index contributed by atoms with van der Waals surface area (Å²) in [5.41, 5.74) is 2.89. The number of carbonyl (C=O) groups excluding carboxylic acids is 1. The summed E-state index contributed by atoms with van der Waals surface area (Å²) >= 11 is 0. The summed E-state index contributed by atoms with van der Waals surface area (Å²) in [5.74, 6) is 0.00628. The Kier molecular flexibility index (Phi) is 12.2. The van der Waals surface area contributed by atoms with Crippen LogP contribution in [0.2, 0.25) is 0 Å². The molecule has 2 atom stereocenters. The molecule has 4 rings (SSSR count). The Bertz CT molecular complexity index is 997. The van der Waals surface area contributed by atoms with Crippen LogP contribution in [0.4, 0.5) is 0 Å². The van der Waals surface area contributed by atoms with E-state index in [0.29, 0.717) is 79.0 Å². The molecule has 0 aliphatic carbocycles. The standard InChI is InChI=1S/C30H39NO8/c32-22-24-6-8-25(9-7-24)23-38-29-21-27(26-4-2-1-3-5-26)20-28(39-29)30(33)31-10-12-34-14-16-36-18-19-37-17-15-35-13-11-31/h1-9,20,27,29,32H,10-19,21-23H2/t27-,29+/m0/s1. The van der Waals surface area contributed by atoms with Gasteiger partial charge in [0.2, 0.25) is 6.29 Å². The number of hydrogen-bond acceptors (Lipinski definition) is 8. The summed E-state index contributed by atoms with van der Waals surface area (Å²) in [6.07, 6.45) is 1.88. The highest BCUT2D eigenvalue weighted by molar-refractivity contribution is 5.91. The van der Waals surface area contributed by atoms with E-state index < -0.39 is 6.29 Å². The monoisotopic (exact) mass is 541 g/mol. The summed E-state index contributed by atoms with van der Waals surface area (Å²) in [6, 6.07) is 17.6. The Balaban J connectivity index is 1.44. The van der Waals surface area contributed by atoms with Gasteiger partial charge in [0.25, 0.3) is 5.91 Å². The van der Waals surface area contributed by atoms with Gasteiger partial charge in [0.05, 0.1) is 66.1 Å². The van der Waals surface area contributed by atoms with Gasteiger partial charge in [-0.15, -0.1) is 0 Å². The maximum Gasteiger partial charge on any atom is 0.288 e. The van der Waals surface area contributed by atoms with Crippen LogP contribution in [0.15, 0.2) is 66.4 Å². The summed E-state index contributed by atoms with van der Waals surface area (Å²) in [5, 5.41) is 9.29. The maximum absolute atomic E-state index is 13.7. The van der Waals surface area contributed by atoms with E-state index in [-0.39, 0.29) is 24.2 Å². The van der Waals surface area contributed by atoms with Crippen molar-refractivity contribution in [3.8, 4) is 0 Å². The van der Waals surface area contributed by atoms with Crippen molar-refractivity contribution in [3.63, 3.8) is 0 Å².